The summed E-state index contributed by atoms with van der Waals surface area (Å²) in [5.41, 5.74) is 1.00. The molecule has 0 amide bonds. The topological polar surface area (TPSA) is 84.5 Å². The molecule has 1 aromatic heterocycles. The van der Waals surface area contributed by atoms with Crippen LogP contribution in [0.4, 0.5) is 5.69 Å². The maximum Gasteiger partial charge on any atom is 0.324 e. The lowest BCUT2D eigenvalue weighted by Gasteiger charge is -2.20. The van der Waals surface area contributed by atoms with E-state index in [0.29, 0.717) is 6.61 Å². The Bertz CT molecular complexity index is 1150. The lowest BCUT2D eigenvalue weighted by Crippen LogP contribution is -2.45. The number of benzene rings is 2. The van der Waals surface area contributed by atoms with Crippen molar-refractivity contribution in [3.63, 3.8) is 0 Å². The Morgan fingerprint density at radius 1 is 1.10 bits per heavy atom. The van der Waals surface area contributed by atoms with Gasteiger partial charge in [0.25, 0.3) is 0 Å². The molecule has 8 heteroatoms. The lowest BCUT2D eigenvalue weighted by atomic mass is 10.1. The number of anilines is 1. The Hall–Kier alpha value is -2.16. The summed E-state index contributed by atoms with van der Waals surface area (Å²) in [5, 5.41) is 5.22. The summed E-state index contributed by atoms with van der Waals surface area (Å²) in [4.78, 5) is 12.5. The third-order valence-corrected chi connectivity index (χ3v) is 7.54. The average molecular weight is 449 g/mol. The summed E-state index contributed by atoms with van der Waals surface area (Å²) >= 11 is 1.54. The number of esters is 1. The van der Waals surface area contributed by atoms with Crippen LogP contribution < -0.4 is 10.0 Å². The van der Waals surface area contributed by atoms with Crippen molar-refractivity contribution in [3.8, 4) is 0 Å². The molecular formula is C22H28N2O4S2. The van der Waals surface area contributed by atoms with E-state index < -0.39 is 22.0 Å². The maximum atomic E-state index is 13.0. The summed E-state index contributed by atoms with van der Waals surface area (Å²) in [7, 11) is -2.01. The molecule has 2 N–H and O–H groups in total. The number of fused-ring (bicyclic) bond motifs is 3. The molecule has 162 valence electrons. The molecule has 0 saturated heterocycles. The third kappa shape index (κ3) is 4.77. The number of hydrogen-bond donors (Lipinski definition) is 2. The zero-order valence-electron chi connectivity index (χ0n) is 17.7. The molecule has 1 heterocycles. The number of carbonyl (C=O) groups is 1. The van der Waals surface area contributed by atoms with Crippen molar-refractivity contribution in [2.45, 2.75) is 44.6 Å². The minimum atomic E-state index is -3.88. The number of rotatable bonds is 9. The van der Waals surface area contributed by atoms with Crippen LogP contribution in [0.2, 0.25) is 0 Å². The van der Waals surface area contributed by atoms with Gasteiger partial charge in [-0.2, -0.15) is 4.72 Å². The normalized spacial score (nSPS) is 13.1. The molecule has 0 fully saturated rings. The summed E-state index contributed by atoms with van der Waals surface area (Å²) in [6, 6.07) is 10.2. The van der Waals surface area contributed by atoms with E-state index in [-0.39, 0.29) is 10.8 Å². The van der Waals surface area contributed by atoms with Gasteiger partial charge >= 0.3 is 5.97 Å². The monoisotopic (exact) mass is 448 g/mol. The Balaban J connectivity index is 1.90. The molecular weight excluding hydrogens is 420 g/mol. The highest BCUT2D eigenvalue weighted by Gasteiger charge is 2.29. The van der Waals surface area contributed by atoms with Crippen LogP contribution in [0.5, 0.6) is 0 Å². The van der Waals surface area contributed by atoms with Gasteiger partial charge in [-0.05, 0) is 36.6 Å². The minimum Gasteiger partial charge on any atom is -0.464 e. The first-order valence-electron chi connectivity index (χ1n) is 10.1. The Kier molecular flexibility index (Phi) is 7.00. The predicted octanol–water partition coefficient (Wildman–Crippen LogP) is 4.74. The van der Waals surface area contributed by atoms with Crippen LogP contribution in [0.25, 0.3) is 20.2 Å². The van der Waals surface area contributed by atoms with Gasteiger partial charge in [0.2, 0.25) is 10.0 Å². The maximum absolute atomic E-state index is 13.0. The molecule has 0 bridgehead atoms. The van der Waals surface area contributed by atoms with Crippen molar-refractivity contribution in [1.82, 2.24) is 4.72 Å². The van der Waals surface area contributed by atoms with Crippen LogP contribution in [0.1, 0.15) is 33.6 Å². The van der Waals surface area contributed by atoms with Gasteiger partial charge in [0, 0.05) is 32.9 Å². The first kappa shape index (κ1) is 22.5. The molecule has 0 spiro atoms. The molecule has 30 heavy (non-hydrogen) atoms. The van der Waals surface area contributed by atoms with E-state index in [1.54, 1.807) is 37.3 Å². The molecule has 1 atom stereocenters. The molecule has 3 aromatic rings. The lowest BCUT2D eigenvalue weighted by molar-refractivity contribution is -0.146. The second kappa shape index (κ2) is 9.32. The van der Waals surface area contributed by atoms with Crippen molar-refractivity contribution < 1.29 is 17.9 Å². The van der Waals surface area contributed by atoms with E-state index in [9.17, 15) is 13.2 Å². The molecule has 0 aliphatic heterocycles. The van der Waals surface area contributed by atoms with E-state index in [1.165, 1.54) is 0 Å². The van der Waals surface area contributed by atoms with Gasteiger partial charge in [-0.1, -0.05) is 39.3 Å². The van der Waals surface area contributed by atoms with E-state index in [1.807, 2.05) is 38.2 Å². The highest BCUT2D eigenvalue weighted by atomic mass is 32.2. The number of nitrogens with one attached hydrogen (secondary N) is 2. The average Bonchev–Trinajstić information content (AvgIpc) is 3.08. The third-order valence-electron chi connectivity index (χ3n) is 4.99. The van der Waals surface area contributed by atoms with Crippen molar-refractivity contribution in [2.24, 2.45) is 5.92 Å². The van der Waals surface area contributed by atoms with Crippen LogP contribution in [0.15, 0.2) is 41.3 Å². The Labute approximate surface area is 181 Å². The largest absolute Gasteiger partial charge is 0.464 e. The van der Waals surface area contributed by atoms with Crippen molar-refractivity contribution in [2.75, 3.05) is 19.0 Å². The van der Waals surface area contributed by atoms with Gasteiger partial charge in [-0.25, -0.2) is 8.42 Å². The van der Waals surface area contributed by atoms with E-state index in [2.05, 4.69) is 10.0 Å². The van der Waals surface area contributed by atoms with Crippen molar-refractivity contribution >= 4 is 53.2 Å². The van der Waals surface area contributed by atoms with Gasteiger partial charge in [-0.15, -0.1) is 11.3 Å². The molecule has 0 aliphatic carbocycles. The van der Waals surface area contributed by atoms with Crippen molar-refractivity contribution in [1.29, 1.82) is 0 Å². The summed E-state index contributed by atoms with van der Waals surface area (Å²) in [6.45, 7) is 5.88. The second-order valence-electron chi connectivity index (χ2n) is 7.58. The minimum absolute atomic E-state index is 0.141. The molecule has 3 rings (SSSR count). The van der Waals surface area contributed by atoms with Crippen LogP contribution in [-0.2, 0) is 19.6 Å². The molecule has 0 aliphatic rings. The Morgan fingerprint density at radius 2 is 1.77 bits per heavy atom. The highest BCUT2D eigenvalue weighted by Crippen LogP contribution is 2.36. The number of carbonyl (C=O) groups excluding carboxylic acids is 1. The van der Waals surface area contributed by atoms with E-state index >= 15 is 0 Å². The van der Waals surface area contributed by atoms with E-state index in [0.717, 1.165) is 38.7 Å². The first-order valence-corrected chi connectivity index (χ1v) is 12.4. The standard InChI is InChI=1S/C22H28N2O4S2/c1-5-6-11-28-22(25)21(14(2)3)24-30(26,27)16-8-10-18-17-9-7-15(23-4)12-19(17)29-20(18)13-16/h7-10,12-14,21,23-24H,5-6,11H2,1-4H3. The predicted molar refractivity (Wildman–Crippen MR) is 124 cm³/mol. The fourth-order valence-corrected chi connectivity index (χ4v) is 5.80. The number of sulfonamides is 1. The fourth-order valence-electron chi connectivity index (χ4n) is 3.18. The second-order valence-corrected chi connectivity index (χ2v) is 10.4. The van der Waals surface area contributed by atoms with Crippen LogP contribution in [0, 0.1) is 5.92 Å². The highest BCUT2D eigenvalue weighted by molar-refractivity contribution is 7.89. The quantitative estimate of drug-likeness (QED) is 0.365. The van der Waals surface area contributed by atoms with Gasteiger partial charge in [0.1, 0.15) is 6.04 Å². The number of ether oxygens (including phenoxy) is 1. The molecule has 6 nitrogen and oxygen atoms in total. The molecule has 0 saturated carbocycles. The number of unbranched alkanes of at least 4 members (excludes halogenated alkanes) is 1. The smallest absolute Gasteiger partial charge is 0.324 e. The van der Waals surface area contributed by atoms with Crippen molar-refractivity contribution in [3.05, 3.63) is 36.4 Å². The zero-order chi connectivity index (χ0) is 21.9. The first-order chi connectivity index (χ1) is 14.3. The van der Waals surface area contributed by atoms with E-state index in [4.69, 9.17) is 4.74 Å². The summed E-state index contributed by atoms with van der Waals surface area (Å²) in [6.07, 6.45) is 1.65. The van der Waals surface area contributed by atoms with Gasteiger partial charge < -0.3 is 10.1 Å². The number of hydrogen-bond acceptors (Lipinski definition) is 6. The molecule has 0 radical (unpaired) electrons. The van der Waals surface area contributed by atoms with Crippen LogP contribution in [-0.4, -0.2) is 34.1 Å². The summed E-state index contributed by atoms with van der Waals surface area (Å²) in [5.74, 6) is -0.772. The van der Waals surface area contributed by atoms with Gasteiger partial charge in [-0.3, -0.25) is 4.79 Å². The van der Waals surface area contributed by atoms with Gasteiger partial charge in [0.15, 0.2) is 0 Å². The summed E-state index contributed by atoms with van der Waals surface area (Å²) < 4.78 is 35.8. The fraction of sp³-hybridized carbons (Fsp3) is 0.409. The van der Waals surface area contributed by atoms with Crippen LogP contribution >= 0.6 is 11.3 Å². The molecule has 1 unspecified atom stereocenters. The number of thiophene rings is 1. The van der Waals surface area contributed by atoms with Gasteiger partial charge in [0.05, 0.1) is 11.5 Å². The zero-order valence-corrected chi connectivity index (χ0v) is 19.3. The molecule has 2 aromatic carbocycles. The SMILES string of the molecule is CCCCOC(=O)C(NS(=O)(=O)c1ccc2c(c1)sc1cc(NC)ccc12)C(C)C. The van der Waals surface area contributed by atoms with Crippen LogP contribution in [0.3, 0.4) is 0 Å². The Morgan fingerprint density at radius 3 is 2.40 bits per heavy atom.